The Bertz CT molecular complexity index is 501. The minimum atomic E-state index is -1.39. The predicted molar refractivity (Wildman–Crippen MR) is 62.8 cm³/mol. The van der Waals surface area contributed by atoms with Crippen molar-refractivity contribution in [2.24, 2.45) is 0 Å². The first-order chi connectivity index (χ1) is 8.45. The second-order valence-corrected chi connectivity index (χ2v) is 4.15. The number of ether oxygens (including phenoxy) is 1. The molecule has 0 heterocycles. The molecule has 0 fully saturated rings. The summed E-state index contributed by atoms with van der Waals surface area (Å²) >= 11 is 1.04. The lowest BCUT2D eigenvalue weighted by Crippen LogP contribution is -2.04. The SMILES string of the molecule is COC(=O)CSc1ccc([N+](=O)[O-])c(C(=O)O)c1. The zero-order valence-corrected chi connectivity index (χ0v) is 10.1. The molecule has 7 nitrogen and oxygen atoms in total. The van der Waals surface area contributed by atoms with Crippen molar-refractivity contribution in [2.45, 2.75) is 4.90 Å². The molecule has 0 saturated carbocycles. The van der Waals surface area contributed by atoms with Crippen molar-refractivity contribution in [3.8, 4) is 0 Å². The van der Waals surface area contributed by atoms with Crippen LogP contribution in [0, 0.1) is 10.1 Å². The molecule has 0 amide bonds. The van der Waals surface area contributed by atoms with Crippen molar-refractivity contribution in [2.75, 3.05) is 12.9 Å². The fraction of sp³-hybridized carbons (Fsp3) is 0.200. The number of carbonyl (C=O) groups is 2. The molecule has 1 aromatic rings. The number of carboxylic acid groups (broad SMARTS) is 1. The average Bonchev–Trinajstić information content (AvgIpc) is 2.35. The molecule has 0 saturated heterocycles. The number of carboxylic acids is 1. The first kappa shape index (κ1) is 14.0. The van der Waals surface area contributed by atoms with Gasteiger partial charge in [-0.05, 0) is 12.1 Å². The van der Waals surface area contributed by atoms with Crippen molar-refractivity contribution in [1.29, 1.82) is 0 Å². The van der Waals surface area contributed by atoms with Gasteiger partial charge < -0.3 is 9.84 Å². The van der Waals surface area contributed by atoms with Crippen LogP contribution >= 0.6 is 11.8 Å². The van der Waals surface area contributed by atoms with Gasteiger partial charge in [0.15, 0.2) is 0 Å². The molecule has 1 N–H and O–H groups in total. The molecule has 0 bridgehead atoms. The fourth-order valence-electron chi connectivity index (χ4n) is 1.14. The maximum atomic E-state index is 10.9. The van der Waals surface area contributed by atoms with Gasteiger partial charge in [0.25, 0.3) is 5.69 Å². The highest BCUT2D eigenvalue weighted by molar-refractivity contribution is 8.00. The van der Waals surface area contributed by atoms with E-state index in [2.05, 4.69) is 4.74 Å². The lowest BCUT2D eigenvalue weighted by molar-refractivity contribution is -0.385. The van der Waals surface area contributed by atoms with Crippen LogP contribution in [0.1, 0.15) is 10.4 Å². The summed E-state index contributed by atoms with van der Waals surface area (Å²) < 4.78 is 4.43. The number of hydrogen-bond acceptors (Lipinski definition) is 6. The molecule has 0 radical (unpaired) electrons. The molecule has 0 atom stereocenters. The van der Waals surface area contributed by atoms with Crippen LogP contribution in [0.4, 0.5) is 5.69 Å². The van der Waals surface area contributed by atoms with Crippen LogP contribution in [0.25, 0.3) is 0 Å². The highest BCUT2D eigenvalue weighted by atomic mass is 32.2. The number of nitro groups is 1. The van der Waals surface area contributed by atoms with Crippen molar-refractivity contribution < 1.29 is 24.4 Å². The Kier molecular flexibility index (Phi) is 4.67. The quantitative estimate of drug-likeness (QED) is 0.374. The molecular weight excluding hydrogens is 262 g/mol. The van der Waals surface area contributed by atoms with Crippen molar-refractivity contribution >= 4 is 29.4 Å². The molecule has 18 heavy (non-hydrogen) atoms. The summed E-state index contributed by atoms with van der Waals surface area (Å²) in [5.41, 5.74) is -0.889. The van der Waals surface area contributed by atoms with Gasteiger partial charge in [0.2, 0.25) is 0 Å². The van der Waals surface area contributed by atoms with Crippen molar-refractivity contribution in [3.63, 3.8) is 0 Å². The third-order valence-corrected chi connectivity index (χ3v) is 2.95. The second kappa shape index (κ2) is 6.01. The molecular formula is C10H9NO6S. The van der Waals surface area contributed by atoms with Crippen LogP contribution in [0.15, 0.2) is 23.1 Å². The Morgan fingerprint density at radius 1 is 1.50 bits per heavy atom. The number of hydrogen-bond donors (Lipinski definition) is 1. The molecule has 96 valence electrons. The molecule has 1 aromatic carbocycles. The molecule has 8 heteroatoms. The Labute approximate surface area is 106 Å². The fourth-order valence-corrected chi connectivity index (χ4v) is 1.90. The van der Waals surface area contributed by atoms with Gasteiger partial charge in [-0.15, -0.1) is 11.8 Å². The number of thioether (sulfide) groups is 1. The minimum Gasteiger partial charge on any atom is -0.477 e. The van der Waals surface area contributed by atoms with Gasteiger partial charge >= 0.3 is 11.9 Å². The van der Waals surface area contributed by atoms with E-state index in [0.29, 0.717) is 4.90 Å². The third kappa shape index (κ3) is 3.45. The summed E-state index contributed by atoms with van der Waals surface area (Å²) in [6.45, 7) is 0. The van der Waals surface area contributed by atoms with Gasteiger partial charge in [0.05, 0.1) is 17.8 Å². The van der Waals surface area contributed by atoms with Gasteiger partial charge in [0, 0.05) is 11.0 Å². The maximum Gasteiger partial charge on any atom is 0.342 e. The molecule has 0 aliphatic heterocycles. The monoisotopic (exact) mass is 271 g/mol. The Balaban J connectivity index is 2.97. The van der Waals surface area contributed by atoms with Crippen LogP contribution in [-0.2, 0) is 9.53 Å². The highest BCUT2D eigenvalue weighted by Crippen LogP contribution is 2.26. The zero-order chi connectivity index (χ0) is 13.7. The minimum absolute atomic E-state index is 0.00731. The van der Waals surface area contributed by atoms with E-state index < -0.39 is 28.1 Å². The normalized spacial score (nSPS) is 9.83. The molecule has 0 unspecified atom stereocenters. The van der Waals surface area contributed by atoms with E-state index >= 15 is 0 Å². The first-order valence-corrected chi connectivity index (χ1v) is 5.65. The maximum absolute atomic E-state index is 10.9. The average molecular weight is 271 g/mol. The Morgan fingerprint density at radius 2 is 2.17 bits per heavy atom. The summed E-state index contributed by atoms with van der Waals surface area (Å²) in [5.74, 6) is -1.84. The van der Waals surface area contributed by atoms with Gasteiger partial charge in [-0.3, -0.25) is 14.9 Å². The lowest BCUT2D eigenvalue weighted by atomic mass is 10.2. The third-order valence-electron chi connectivity index (χ3n) is 1.98. The second-order valence-electron chi connectivity index (χ2n) is 3.11. The number of rotatable bonds is 5. The molecule has 1 rings (SSSR count). The smallest absolute Gasteiger partial charge is 0.342 e. The van der Waals surface area contributed by atoms with Gasteiger partial charge in [-0.1, -0.05) is 0 Å². The Morgan fingerprint density at radius 3 is 2.67 bits per heavy atom. The number of nitrogens with zero attached hydrogens (tertiary/aromatic N) is 1. The summed E-state index contributed by atoms with van der Waals surface area (Å²) in [6.07, 6.45) is 0. The number of nitro benzene ring substituents is 1. The number of methoxy groups -OCH3 is 1. The summed E-state index contributed by atoms with van der Waals surface area (Å²) in [7, 11) is 1.24. The predicted octanol–water partition coefficient (Wildman–Crippen LogP) is 1.56. The highest BCUT2D eigenvalue weighted by Gasteiger charge is 2.20. The van der Waals surface area contributed by atoms with E-state index in [0.717, 1.165) is 23.9 Å². The lowest BCUT2D eigenvalue weighted by Gasteiger charge is -2.03. The topological polar surface area (TPSA) is 107 Å². The molecule has 0 aromatic heterocycles. The van der Waals surface area contributed by atoms with Gasteiger partial charge in [-0.25, -0.2) is 4.79 Å². The number of carbonyl (C=O) groups excluding carboxylic acids is 1. The molecule has 0 aliphatic carbocycles. The van der Waals surface area contributed by atoms with E-state index in [-0.39, 0.29) is 5.75 Å². The van der Waals surface area contributed by atoms with Crippen LogP contribution in [-0.4, -0.2) is 34.8 Å². The van der Waals surface area contributed by atoms with Crippen LogP contribution in [0.2, 0.25) is 0 Å². The number of esters is 1. The number of benzene rings is 1. The van der Waals surface area contributed by atoms with Crippen LogP contribution in [0.5, 0.6) is 0 Å². The Hall–Kier alpha value is -2.09. The number of aromatic carboxylic acids is 1. The standard InChI is InChI=1S/C10H9NO6S/c1-17-9(12)5-18-6-2-3-8(11(15)16)7(4-6)10(13)14/h2-4H,5H2,1H3,(H,13,14). The van der Waals surface area contributed by atoms with E-state index in [9.17, 15) is 19.7 Å². The van der Waals surface area contributed by atoms with E-state index in [1.165, 1.54) is 13.2 Å². The van der Waals surface area contributed by atoms with E-state index in [4.69, 9.17) is 5.11 Å². The summed E-state index contributed by atoms with van der Waals surface area (Å²) in [4.78, 5) is 32.1. The van der Waals surface area contributed by atoms with Crippen LogP contribution in [0.3, 0.4) is 0 Å². The largest absolute Gasteiger partial charge is 0.477 e. The van der Waals surface area contributed by atoms with Gasteiger partial charge in [0.1, 0.15) is 5.56 Å². The molecule has 0 spiro atoms. The molecule has 0 aliphatic rings. The summed E-state index contributed by atoms with van der Waals surface area (Å²) in [6, 6.07) is 3.65. The van der Waals surface area contributed by atoms with Crippen molar-refractivity contribution in [1.82, 2.24) is 0 Å². The zero-order valence-electron chi connectivity index (χ0n) is 9.28. The van der Waals surface area contributed by atoms with Crippen LogP contribution < -0.4 is 0 Å². The summed E-state index contributed by atoms with van der Waals surface area (Å²) in [5, 5.41) is 19.5. The van der Waals surface area contributed by atoms with E-state index in [1.807, 2.05) is 0 Å². The van der Waals surface area contributed by atoms with Crippen molar-refractivity contribution in [3.05, 3.63) is 33.9 Å². The first-order valence-electron chi connectivity index (χ1n) is 4.67. The van der Waals surface area contributed by atoms with Gasteiger partial charge in [-0.2, -0.15) is 0 Å². The van der Waals surface area contributed by atoms with E-state index in [1.54, 1.807) is 0 Å².